The number of benzene rings is 1. The van der Waals surface area contributed by atoms with Crippen molar-refractivity contribution in [2.24, 2.45) is 0 Å². The van der Waals surface area contributed by atoms with Gasteiger partial charge in [-0.2, -0.15) is 0 Å². The van der Waals surface area contributed by atoms with Gasteiger partial charge in [0.05, 0.1) is 6.04 Å². The lowest BCUT2D eigenvalue weighted by Crippen LogP contribution is -2.57. The van der Waals surface area contributed by atoms with E-state index >= 15 is 0 Å². The first-order chi connectivity index (χ1) is 18.3. The van der Waals surface area contributed by atoms with Gasteiger partial charge in [-0.15, -0.1) is 0 Å². The lowest BCUT2D eigenvalue weighted by atomic mass is 9.98. The van der Waals surface area contributed by atoms with E-state index in [1.165, 1.54) is 0 Å². The van der Waals surface area contributed by atoms with Gasteiger partial charge in [-0.05, 0) is 63.8 Å². The Morgan fingerprint density at radius 3 is 2.58 bits per heavy atom. The van der Waals surface area contributed by atoms with Crippen LogP contribution >= 0.6 is 0 Å². The predicted molar refractivity (Wildman–Crippen MR) is 141 cm³/mol. The number of fused-ring (bicyclic) bond motifs is 1. The maximum absolute atomic E-state index is 13.5. The van der Waals surface area contributed by atoms with E-state index in [-0.39, 0.29) is 42.1 Å². The topological polar surface area (TPSA) is 149 Å². The maximum Gasteiger partial charge on any atom is 0.246 e. The van der Waals surface area contributed by atoms with E-state index in [4.69, 9.17) is 0 Å². The molecule has 0 saturated carbocycles. The molecule has 5 atom stereocenters. The molecule has 3 saturated heterocycles. The van der Waals surface area contributed by atoms with Gasteiger partial charge in [-0.25, -0.2) is 0 Å². The lowest BCUT2D eigenvalue weighted by Gasteiger charge is -2.35. The average molecular weight is 527 g/mol. The highest BCUT2D eigenvalue weighted by molar-refractivity contribution is 5.99. The van der Waals surface area contributed by atoms with Crippen molar-refractivity contribution in [3.05, 3.63) is 29.8 Å². The van der Waals surface area contributed by atoms with Crippen LogP contribution in [0.2, 0.25) is 0 Å². The smallest absolute Gasteiger partial charge is 0.246 e. The van der Waals surface area contributed by atoms with Crippen molar-refractivity contribution in [1.29, 1.82) is 0 Å². The van der Waals surface area contributed by atoms with Crippen molar-refractivity contribution in [2.75, 3.05) is 12.4 Å². The molecule has 11 heteroatoms. The largest absolute Gasteiger partial charge is 0.350 e. The van der Waals surface area contributed by atoms with Gasteiger partial charge in [0.2, 0.25) is 29.5 Å². The number of likely N-dealkylation sites (N-methyl/N-ethyl adjacent to an activating group) is 1. The van der Waals surface area contributed by atoms with Crippen molar-refractivity contribution in [3.8, 4) is 0 Å². The summed E-state index contributed by atoms with van der Waals surface area (Å²) >= 11 is 0. The van der Waals surface area contributed by atoms with Crippen LogP contribution in [-0.2, 0) is 30.5 Å². The Bertz CT molecular complexity index is 1080. The second-order valence-electron chi connectivity index (χ2n) is 10.4. The highest BCUT2D eigenvalue weighted by Gasteiger charge is 2.43. The average Bonchev–Trinajstić information content (AvgIpc) is 3.53. The van der Waals surface area contributed by atoms with Crippen LogP contribution in [0.4, 0.5) is 5.69 Å². The predicted octanol–water partition coefficient (Wildman–Crippen LogP) is 0.546. The Morgan fingerprint density at radius 2 is 1.84 bits per heavy atom. The molecule has 0 aliphatic carbocycles. The van der Waals surface area contributed by atoms with E-state index in [2.05, 4.69) is 26.6 Å². The molecule has 3 heterocycles. The standard InChI is InChI=1S/C27H38N6O5/c1-16(28-2)24(35)32-21-9-4-3-8-19-10-12-22(33(19)27(21)38)26(37)29-15-17-6-5-7-18(14-17)30-25(36)20-11-13-23(34)31-20/h5-7,14,16,19-22,28H,3-4,8-13,15H2,1-2H3,(H,29,37)(H,30,36)(H,31,34)(H,32,35)/t16-,19-,20-,21-,22-/m0/s1. The van der Waals surface area contributed by atoms with Crippen LogP contribution in [-0.4, -0.2) is 71.7 Å². The van der Waals surface area contributed by atoms with E-state index in [0.717, 1.165) is 31.2 Å². The fourth-order valence-corrected chi connectivity index (χ4v) is 5.46. The van der Waals surface area contributed by atoms with E-state index in [1.54, 1.807) is 37.1 Å². The first kappa shape index (κ1) is 27.6. The van der Waals surface area contributed by atoms with E-state index < -0.39 is 24.2 Å². The molecular weight excluding hydrogens is 488 g/mol. The van der Waals surface area contributed by atoms with Crippen LogP contribution in [0.5, 0.6) is 0 Å². The van der Waals surface area contributed by atoms with Crippen molar-refractivity contribution in [1.82, 2.24) is 26.2 Å². The molecule has 38 heavy (non-hydrogen) atoms. The fourth-order valence-electron chi connectivity index (χ4n) is 5.46. The SMILES string of the molecule is CN[C@@H](C)C(=O)N[C@H]1CCCC[C@H]2CC[C@@H](C(=O)NCc3cccc(NC(=O)[C@@H]4CCC(=O)N4)c3)N2C1=O. The Kier molecular flexibility index (Phi) is 8.98. The Hall–Kier alpha value is -3.47. The molecule has 3 aliphatic rings. The number of anilines is 1. The third-order valence-electron chi connectivity index (χ3n) is 7.75. The number of hydrogen-bond donors (Lipinski definition) is 5. The summed E-state index contributed by atoms with van der Waals surface area (Å²) < 4.78 is 0. The molecule has 4 rings (SSSR count). The van der Waals surface area contributed by atoms with Crippen LogP contribution in [0, 0.1) is 0 Å². The van der Waals surface area contributed by atoms with E-state index in [0.29, 0.717) is 31.4 Å². The molecule has 5 N–H and O–H groups in total. The van der Waals surface area contributed by atoms with Crippen LogP contribution < -0.4 is 26.6 Å². The monoisotopic (exact) mass is 526 g/mol. The molecule has 1 aromatic rings. The van der Waals surface area contributed by atoms with Gasteiger partial charge in [0.1, 0.15) is 18.1 Å². The number of nitrogens with zero attached hydrogens (tertiary/aromatic N) is 1. The minimum absolute atomic E-state index is 0.00528. The van der Waals surface area contributed by atoms with Crippen LogP contribution in [0.3, 0.4) is 0 Å². The molecular formula is C27H38N6O5. The molecule has 1 aromatic carbocycles. The molecule has 0 spiro atoms. The first-order valence-corrected chi connectivity index (χ1v) is 13.5. The van der Waals surface area contributed by atoms with E-state index in [9.17, 15) is 24.0 Å². The second-order valence-corrected chi connectivity index (χ2v) is 10.4. The number of carbonyl (C=O) groups is 5. The van der Waals surface area contributed by atoms with Gasteiger partial charge in [0, 0.05) is 24.7 Å². The van der Waals surface area contributed by atoms with Gasteiger partial charge in [0.15, 0.2) is 0 Å². The van der Waals surface area contributed by atoms with Crippen LogP contribution in [0.15, 0.2) is 24.3 Å². The summed E-state index contributed by atoms with van der Waals surface area (Å²) in [5, 5.41) is 14.2. The molecule has 0 radical (unpaired) electrons. The minimum atomic E-state index is -0.639. The minimum Gasteiger partial charge on any atom is -0.350 e. The molecule has 11 nitrogen and oxygen atoms in total. The van der Waals surface area contributed by atoms with Crippen molar-refractivity contribution in [3.63, 3.8) is 0 Å². The summed E-state index contributed by atoms with van der Waals surface area (Å²) in [6.45, 7) is 1.98. The van der Waals surface area contributed by atoms with E-state index in [1.807, 2.05) is 6.07 Å². The summed E-state index contributed by atoms with van der Waals surface area (Å²) in [5.41, 5.74) is 1.38. The van der Waals surface area contributed by atoms with Gasteiger partial charge in [0.25, 0.3) is 0 Å². The highest BCUT2D eigenvalue weighted by Crippen LogP contribution is 2.31. The Morgan fingerprint density at radius 1 is 1.05 bits per heavy atom. The zero-order valence-electron chi connectivity index (χ0n) is 22.0. The molecule has 5 amide bonds. The number of rotatable bonds is 8. The zero-order valence-corrected chi connectivity index (χ0v) is 22.0. The highest BCUT2D eigenvalue weighted by atomic mass is 16.2. The normalized spacial score (nSPS) is 26.0. The molecule has 206 valence electrons. The molecule has 0 aromatic heterocycles. The summed E-state index contributed by atoms with van der Waals surface area (Å²) in [5.74, 6) is -1.04. The summed E-state index contributed by atoms with van der Waals surface area (Å²) in [6.07, 6.45) is 5.36. The van der Waals surface area contributed by atoms with Crippen molar-refractivity contribution < 1.29 is 24.0 Å². The Labute approximate surface area is 222 Å². The third-order valence-corrected chi connectivity index (χ3v) is 7.75. The number of amides is 5. The summed E-state index contributed by atoms with van der Waals surface area (Å²) in [4.78, 5) is 64.8. The summed E-state index contributed by atoms with van der Waals surface area (Å²) in [6, 6.07) is 4.99. The number of hydrogen-bond acceptors (Lipinski definition) is 6. The first-order valence-electron chi connectivity index (χ1n) is 13.5. The lowest BCUT2D eigenvalue weighted by molar-refractivity contribution is -0.144. The molecule has 3 fully saturated rings. The molecule has 0 unspecified atom stereocenters. The third kappa shape index (κ3) is 6.50. The van der Waals surface area contributed by atoms with Crippen LogP contribution in [0.1, 0.15) is 63.9 Å². The Balaban J connectivity index is 1.37. The van der Waals surface area contributed by atoms with Crippen molar-refractivity contribution >= 4 is 35.2 Å². The molecule has 3 aliphatic heterocycles. The zero-order chi connectivity index (χ0) is 27.2. The quantitative estimate of drug-likeness (QED) is 0.334. The van der Waals surface area contributed by atoms with Gasteiger partial charge >= 0.3 is 0 Å². The molecule has 0 bridgehead atoms. The van der Waals surface area contributed by atoms with Crippen LogP contribution in [0.25, 0.3) is 0 Å². The maximum atomic E-state index is 13.5. The van der Waals surface area contributed by atoms with Gasteiger partial charge < -0.3 is 31.5 Å². The fraction of sp³-hybridized carbons (Fsp3) is 0.593. The van der Waals surface area contributed by atoms with Gasteiger partial charge in [-0.3, -0.25) is 24.0 Å². The number of carbonyl (C=O) groups excluding carboxylic acids is 5. The van der Waals surface area contributed by atoms with Crippen molar-refractivity contribution in [2.45, 2.75) is 95.0 Å². The summed E-state index contributed by atoms with van der Waals surface area (Å²) in [7, 11) is 1.69. The second kappa shape index (κ2) is 12.4. The number of nitrogens with one attached hydrogen (secondary N) is 5. The van der Waals surface area contributed by atoms with Gasteiger partial charge in [-0.1, -0.05) is 25.0 Å².